The third kappa shape index (κ3) is 4.27. The van der Waals surface area contributed by atoms with Crippen LogP contribution in [0.4, 0.5) is 0 Å². The predicted octanol–water partition coefficient (Wildman–Crippen LogP) is 8.55. The van der Waals surface area contributed by atoms with Gasteiger partial charge in [-0.3, -0.25) is 4.79 Å². The summed E-state index contributed by atoms with van der Waals surface area (Å²) in [6.45, 7) is 2.27. The lowest BCUT2D eigenvalue weighted by Crippen LogP contribution is -2.31. The van der Waals surface area contributed by atoms with Gasteiger partial charge >= 0.3 is 5.97 Å². The molecule has 2 aliphatic heterocycles. The summed E-state index contributed by atoms with van der Waals surface area (Å²) in [6.07, 6.45) is 0. The summed E-state index contributed by atoms with van der Waals surface area (Å²) in [5.41, 5.74) is 8.51. The number of rotatable bonds is 6. The van der Waals surface area contributed by atoms with Crippen molar-refractivity contribution in [1.82, 2.24) is 0 Å². The molecule has 244 valence electrons. The largest absolute Gasteiger partial charge is 0.497 e. The van der Waals surface area contributed by atoms with E-state index in [9.17, 15) is 9.59 Å². The van der Waals surface area contributed by atoms with Crippen molar-refractivity contribution in [1.29, 1.82) is 0 Å². The van der Waals surface area contributed by atoms with Gasteiger partial charge in [-0.05, 0) is 101 Å². The number of Topliss-reactive ketones (excluding diaryl/α,β-unsaturated/α-hetero) is 1. The van der Waals surface area contributed by atoms with Crippen LogP contribution in [-0.4, -0.2) is 32.1 Å². The van der Waals surface area contributed by atoms with E-state index in [4.69, 9.17) is 18.9 Å². The van der Waals surface area contributed by atoms with Crippen molar-refractivity contribution < 1.29 is 28.5 Å². The Morgan fingerprint density at radius 3 is 1.62 bits per heavy atom. The second-order valence-corrected chi connectivity index (χ2v) is 13.1. The molecule has 1 aliphatic carbocycles. The second kappa shape index (κ2) is 11.2. The molecule has 0 aromatic heterocycles. The van der Waals surface area contributed by atoms with Crippen LogP contribution < -0.4 is 18.9 Å². The van der Waals surface area contributed by atoms with Crippen molar-refractivity contribution in [2.45, 2.75) is 17.8 Å². The zero-order valence-electron chi connectivity index (χ0n) is 27.6. The summed E-state index contributed by atoms with van der Waals surface area (Å²) in [7, 11) is 1.67. The van der Waals surface area contributed by atoms with E-state index in [2.05, 4.69) is 72.8 Å². The van der Waals surface area contributed by atoms with Crippen molar-refractivity contribution in [3.8, 4) is 34.1 Å². The standard InChI is InChI=1S/C44H32O6/c1-27(45)28-11-21-40-38(23-28)43(25-48-40)26-49-41-22-12-29(24-39(41)43)42(46)50-33-19-15-31(16-20-33)44(30-13-17-32(47-2)18-14-30)36-9-5-3-7-34(36)35-8-4-6-10-37(35)44/h3-24H,25-26H2,1-2H3. The lowest BCUT2D eigenvalue weighted by atomic mass is 9.68. The van der Waals surface area contributed by atoms with Gasteiger partial charge in [-0.25, -0.2) is 4.79 Å². The van der Waals surface area contributed by atoms with Crippen LogP contribution in [0.5, 0.6) is 23.0 Å². The molecular weight excluding hydrogens is 624 g/mol. The minimum atomic E-state index is -0.613. The van der Waals surface area contributed by atoms with Crippen molar-refractivity contribution in [3.05, 3.63) is 178 Å². The molecule has 3 aliphatic rings. The number of hydrogen-bond acceptors (Lipinski definition) is 6. The van der Waals surface area contributed by atoms with Crippen LogP contribution in [0.3, 0.4) is 0 Å². The summed E-state index contributed by atoms with van der Waals surface area (Å²) < 4.78 is 23.6. The fourth-order valence-corrected chi connectivity index (χ4v) is 8.11. The highest BCUT2D eigenvalue weighted by Crippen LogP contribution is 2.56. The number of carbonyl (C=O) groups is 2. The number of esters is 1. The number of ketones is 1. The van der Waals surface area contributed by atoms with Crippen LogP contribution in [0.1, 0.15) is 61.0 Å². The number of benzene rings is 6. The molecule has 0 fully saturated rings. The van der Waals surface area contributed by atoms with E-state index < -0.39 is 16.8 Å². The van der Waals surface area contributed by atoms with E-state index >= 15 is 0 Å². The highest BCUT2D eigenvalue weighted by atomic mass is 16.5. The molecule has 9 rings (SSSR count). The van der Waals surface area contributed by atoms with Crippen LogP contribution >= 0.6 is 0 Å². The van der Waals surface area contributed by atoms with E-state index in [-0.39, 0.29) is 5.78 Å². The Bertz CT molecular complexity index is 2290. The maximum absolute atomic E-state index is 13.7. The summed E-state index contributed by atoms with van der Waals surface area (Å²) in [5.74, 6) is 2.15. The Morgan fingerprint density at radius 1 is 0.580 bits per heavy atom. The Hall–Kier alpha value is -6.14. The lowest BCUT2D eigenvalue weighted by Gasteiger charge is -2.34. The van der Waals surface area contributed by atoms with Crippen LogP contribution in [-0.2, 0) is 10.8 Å². The Balaban J connectivity index is 1.07. The van der Waals surface area contributed by atoms with Crippen LogP contribution in [0.25, 0.3) is 11.1 Å². The molecule has 6 aromatic rings. The summed E-state index contributed by atoms with van der Waals surface area (Å²) in [5, 5.41) is 0. The third-order valence-corrected chi connectivity index (χ3v) is 10.6. The van der Waals surface area contributed by atoms with Gasteiger partial charge in [-0.1, -0.05) is 72.8 Å². The van der Waals surface area contributed by atoms with Gasteiger partial charge in [0.15, 0.2) is 5.78 Å². The van der Waals surface area contributed by atoms with Gasteiger partial charge in [0, 0.05) is 16.7 Å². The van der Waals surface area contributed by atoms with Gasteiger partial charge in [-0.2, -0.15) is 0 Å². The molecule has 6 heteroatoms. The number of ether oxygens (including phenoxy) is 4. The molecule has 6 nitrogen and oxygen atoms in total. The smallest absolute Gasteiger partial charge is 0.343 e. The normalized spacial score (nSPS) is 17.2. The minimum Gasteiger partial charge on any atom is -0.497 e. The first-order valence-electron chi connectivity index (χ1n) is 16.6. The van der Waals surface area contributed by atoms with Gasteiger partial charge in [0.05, 0.1) is 23.5 Å². The molecule has 0 N–H and O–H groups in total. The van der Waals surface area contributed by atoms with E-state index in [0.717, 1.165) is 33.8 Å². The summed E-state index contributed by atoms with van der Waals surface area (Å²) >= 11 is 0. The van der Waals surface area contributed by atoms with E-state index in [0.29, 0.717) is 35.8 Å². The first-order chi connectivity index (χ1) is 24.4. The Morgan fingerprint density at radius 2 is 1.08 bits per heavy atom. The Labute approximate surface area is 289 Å². The van der Waals surface area contributed by atoms with E-state index in [1.165, 1.54) is 22.3 Å². The summed E-state index contributed by atoms with van der Waals surface area (Å²) in [6, 6.07) is 44.1. The summed E-state index contributed by atoms with van der Waals surface area (Å²) in [4.78, 5) is 25.9. The van der Waals surface area contributed by atoms with Gasteiger partial charge in [0.25, 0.3) is 0 Å². The fraction of sp³-hybridized carbons (Fsp3) is 0.136. The molecule has 0 amide bonds. The highest BCUT2D eigenvalue weighted by Gasteiger charge is 2.49. The molecule has 2 heterocycles. The number of fused-ring (bicyclic) bond motifs is 7. The maximum Gasteiger partial charge on any atom is 0.343 e. The molecule has 0 radical (unpaired) electrons. The average Bonchev–Trinajstić information content (AvgIpc) is 3.82. The van der Waals surface area contributed by atoms with Gasteiger partial charge in [0.1, 0.15) is 36.2 Å². The number of carbonyl (C=O) groups excluding carboxylic acids is 2. The highest BCUT2D eigenvalue weighted by molar-refractivity contribution is 5.95. The predicted molar refractivity (Wildman–Crippen MR) is 190 cm³/mol. The molecule has 0 saturated heterocycles. The number of hydrogen-bond donors (Lipinski definition) is 0. The van der Waals surface area contributed by atoms with Crippen LogP contribution in [0.15, 0.2) is 133 Å². The zero-order valence-corrected chi connectivity index (χ0v) is 27.6. The first kappa shape index (κ1) is 30.0. The second-order valence-electron chi connectivity index (χ2n) is 13.1. The van der Waals surface area contributed by atoms with Crippen LogP contribution in [0, 0.1) is 0 Å². The Kier molecular flexibility index (Phi) is 6.71. The van der Waals surface area contributed by atoms with E-state index in [1.54, 1.807) is 26.2 Å². The van der Waals surface area contributed by atoms with Gasteiger partial charge < -0.3 is 18.9 Å². The van der Waals surface area contributed by atoms with Crippen molar-refractivity contribution in [2.75, 3.05) is 20.3 Å². The molecule has 50 heavy (non-hydrogen) atoms. The zero-order chi connectivity index (χ0) is 34.0. The molecule has 1 unspecified atom stereocenters. The maximum atomic E-state index is 13.7. The fourth-order valence-electron chi connectivity index (χ4n) is 8.11. The van der Waals surface area contributed by atoms with E-state index in [1.807, 2.05) is 48.5 Å². The molecular formula is C44H32O6. The molecule has 6 aromatic carbocycles. The minimum absolute atomic E-state index is 0.0198. The third-order valence-electron chi connectivity index (χ3n) is 10.6. The van der Waals surface area contributed by atoms with Gasteiger partial charge in [-0.15, -0.1) is 0 Å². The topological polar surface area (TPSA) is 71.1 Å². The van der Waals surface area contributed by atoms with Crippen LogP contribution in [0.2, 0.25) is 0 Å². The average molecular weight is 657 g/mol. The molecule has 0 saturated carbocycles. The van der Waals surface area contributed by atoms with Gasteiger partial charge in [0.2, 0.25) is 0 Å². The first-order valence-corrected chi connectivity index (χ1v) is 16.6. The van der Waals surface area contributed by atoms with Crippen molar-refractivity contribution in [2.24, 2.45) is 0 Å². The molecule has 0 bridgehead atoms. The lowest BCUT2D eigenvalue weighted by molar-refractivity contribution is 0.0734. The molecule has 1 spiro atoms. The molecule has 1 atom stereocenters. The van der Waals surface area contributed by atoms with Crippen molar-refractivity contribution in [3.63, 3.8) is 0 Å². The SMILES string of the molecule is COc1ccc(C2(c3ccc(OC(=O)c4ccc5c(c4)C4(COc6ccc(C(C)=O)cc64)CO5)cc3)c3ccccc3-c3ccccc32)cc1. The van der Waals surface area contributed by atoms with Crippen molar-refractivity contribution >= 4 is 11.8 Å². The monoisotopic (exact) mass is 656 g/mol. The quantitative estimate of drug-likeness (QED) is 0.102. The number of methoxy groups -OCH3 is 1.